The lowest BCUT2D eigenvalue weighted by Crippen LogP contribution is -2.47. The zero-order chi connectivity index (χ0) is 25.1. The zero-order valence-corrected chi connectivity index (χ0v) is 20.2. The number of carbonyl (C=O) groups excluding carboxylic acids is 2. The number of imidazole rings is 1. The first-order valence-electron chi connectivity index (χ1n) is 11.4. The second-order valence-corrected chi connectivity index (χ2v) is 9.25. The summed E-state index contributed by atoms with van der Waals surface area (Å²) in [6, 6.07) is 7.97. The fourth-order valence-electron chi connectivity index (χ4n) is 4.18. The van der Waals surface area contributed by atoms with Gasteiger partial charge in [-0.05, 0) is 57.0 Å². The van der Waals surface area contributed by atoms with E-state index in [2.05, 4.69) is 39.3 Å². The van der Waals surface area contributed by atoms with Crippen molar-refractivity contribution < 1.29 is 19.5 Å². The van der Waals surface area contributed by atoms with Crippen LogP contribution in [0.4, 0.5) is 5.82 Å². The van der Waals surface area contributed by atoms with E-state index in [0.29, 0.717) is 27.9 Å². The molecule has 0 spiro atoms. The highest BCUT2D eigenvalue weighted by molar-refractivity contribution is 6.30. The lowest BCUT2D eigenvalue weighted by atomic mass is 10.0. The first-order chi connectivity index (χ1) is 16.7. The van der Waals surface area contributed by atoms with Gasteiger partial charge in [-0.2, -0.15) is 0 Å². The van der Waals surface area contributed by atoms with Crippen molar-refractivity contribution in [1.82, 2.24) is 24.8 Å². The summed E-state index contributed by atoms with van der Waals surface area (Å²) in [6.45, 7) is 5.82. The van der Waals surface area contributed by atoms with Crippen LogP contribution in [0.15, 0.2) is 36.5 Å². The van der Waals surface area contributed by atoms with Gasteiger partial charge in [-0.25, -0.2) is 14.8 Å². The van der Waals surface area contributed by atoms with Crippen LogP contribution in [0.25, 0.3) is 11.0 Å². The van der Waals surface area contributed by atoms with E-state index in [1.165, 1.54) is 29.0 Å². The lowest BCUT2D eigenvalue weighted by molar-refractivity contribution is -0.116. The number of amides is 2. The number of aromatic nitrogens is 3. The number of hydrogen-bond acceptors (Lipinski definition) is 6. The lowest BCUT2D eigenvalue weighted by Gasteiger charge is -2.34. The monoisotopic (exact) mass is 498 g/mol. The topological polar surface area (TPSA) is 129 Å². The molecule has 0 saturated carbocycles. The predicted molar refractivity (Wildman–Crippen MR) is 132 cm³/mol. The smallest absolute Gasteiger partial charge is 0.335 e. The van der Waals surface area contributed by atoms with E-state index in [-0.39, 0.29) is 24.0 Å². The van der Waals surface area contributed by atoms with Crippen LogP contribution in [-0.4, -0.2) is 67.5 Å². The highest BCUT2D eigenvalue weighted by Crippen LogP contribution is 2.20. The average Bonchev–Trinajstić information content (AvgIpc) is 3.18. The highest BCUT2D eigenvalue weighted by atomic mass is 35.5. The number of hydrogen-bond donors (Lipinski definition) is 3. The second-order valence-electron chi connectivity index (χ2n) is 8.82. The number of carbonyl (C=O) groups is 3. The summed E-state index contributed by atoms with van der Waals surface area (Å²) >= 11 is 5.85. The molecule has 2 aromatic heterocycles. The predicted octanol–water partition coefficient (Wildman–Crippen LogP) is 3.02. The number of piperidine rings is 1. The average molecular weight is 499 g/mol. The van der Waals surface area contributed by atoms with Crippen molar-refractivity contribution >= 4 is 46.2 Å². The number of halogens is 1. The molecule has 4 rings (SSSR count). The van der Waals surface area contributed by atoms with Gasteiger partial charge in [0, 0.05) is 31.4 Å². The molecule has 1 fully saturated rings. The molecular formula is C24H27ClN6O4. The van der Waals surface area contributed by atoms with E-state index in [9.17, 15) is 19.5 Å². The quantitative estimate of drug-likeness (QED) is 0.456. The van der Waals surface area contributed by atoms with Gasteiger partial charge in [-0.15, -0.1) is 0 Å². The number of pyridine rings is 1. The van der Waals surface area contributed by atoms with Gasteiger partial charge in [0.1, 0.15) is 12.4 Å². The fourth-order valence-corrected chi connectivity index (χ4v) is 4.29. The molecule has 3 N–H and O–H groups in total. The summed E-state index contributed by atoms with van der Waals surface area (Å²) in [5.74, 6) is -1.61. The number of carboxylic acids is 1. The Labute approximate surface area is 207 Å². The first-order valence-corrected chi connectivity index (χ1v) is 11.8. The first kappa shape index (κ1) is 24.6. The Bertz CT molecular complexity index is 1250. The van der Waals surface area contributed by atoms with Crippen molar-refractivity contribution in [1.29, 1.82) is 0 Å². The highest BCUT2D eigenvalue weighted by Gasteiger charge is 2.26. The summed E-state index contributed by atoms with van der Waals surface area (Å²) in [4.78, 5) is 48.4. The maximum atomic E-state index is 13.2. The van der Waals surface area contributed by atoms with E-state index in [1.807, 2.05) is 0 Å². The molecule has 0 bridgehead atoms. The molecule has 2 amide bonds. The minimum atomic E-state index is -1.11. The molecule has 1 aromatic carbocycles. The number of benzene rings is 1. The Hall–Kier alpha value is -3.50. The summed E-state index contributed by atoms with van der Waals surface area (Å²) in [6.07, 6.45) is 3.04. The van der Waals surface area contributed by atoms with E-state index in [4.69, 9.17) is 11.6 Å². The van der Waals surface area contributed by atoms with E-state index >= 15 is 0 Å². The van der Waals surface area contributed by atoms with Gasteiger partial charge in [0.25, 0.3) is 5.91 Å². The van der Waals surface area contributed by atoms with Crippen LogP contribution in [0.1, 0.15) is 47.7 Å². The Morgan fingerprint density at radius 2 is 1.91 bits per heavy atom. The van der Waals surface area contributed by atoms with Crippen molar-refractivity contribution in [3.63, 3.8) is 0 Å². The van der Waals surface area contributed by atoms with Crippen molar-refractivity contribution in [2.45, 2.75) is 45.3 Å². The molecule has 184 valence electrons. The van der Waals surface area contributed by atoms with Crippen molar-refractivity contribution in [2.24, 2.45) is 0 Å². The molecular weight excluding hydrogens is 472 g/mol. The number of rotatable bonds is 7. The number of carboxylic acid groups (broad SMARTS) is 1. The second kappa shape index (κ2) is 10.4. The maximum absolute atomic E-state index is 13.2. The minimum absolute atomic E-state index is 0.00700. The van der Waals surface area contributed by atoms with Crippen molar-refractivity contribution in [2.75, 3.05) is 18.4 Å². The van der Waals surface area contributed by atoms with Gasteiger partial charge >= 0.3 is 5.97 Å². The Morgan fingerprint density at radius 3 is 2.54 bits per heavy atom. The van der Waals surface area contributed by atoms with Crippen LogP contribution in [0.3, 0.4) is 0 Å². The number of aromatic carboxylic acids is 1. The molecule has 35 heavy (non-hydrogen) atoms. The van der Waals surface area contributed by atoms with Crippen LogP contribution in [-0.2, 0) is 11.3 Å². The standard InChI is InChI=1S/C24H27ClN6O4/c1-14(2)30-9-7-17(8-10-30)27-23(33)22-28-18-5-3-15(24(34)35)11-19(18)31(22)13-21(32)29-20-6-4-16(25)12-26-20/h3-6,11-12,14,17H,7-10,13H2,1-2H3,(H,27,33)(H,34,35)(H,26,29,32). The van der Waals surface area contributed by atoms with Crippen LogP contribution in [0, 0.1) is 0 Å². The molecule has 0 unspecified atom stereocenters. The number of fused-ring (bicyclic) bond motifs is 1. The van der Waals surface area contributed by atoms with Crippen molar-refractivity contribution in [3.8, 4) is 0 Å². The SMILES string of the molecule is CC(C)N1CCC(NC(=O)c2nc3ccc(C(=O)O)cc3n2CC(=O)Nc2ccc(Cl)cn2)CC1. The summed E-state index contributed by atoms with van der Waals surface area (Å²) in [5, 5.41) is 15.5. The van der Waals surface area contributed by atoms with Crippen LogP contribution in [0.2, 0.25) is 5.02 Å². The molecule has 1 saturated heterocycles. The Balaban J connectivity index is 1.59. The number of likely N-dealkylation sites (tertiary alicyclic amines) is 1. The summed E-state index contributed by atoms with van der Waals surface area (Å²) in [7, 11) is 0. The van der Waals surface area contributed by atoms with E-state index < -0.39 is 17.8 Å². The van der Waals surface area contributed by atoms with E-state index in [1.54, 1.807) is 12.1 Å². The molecule has 3 aromatic rings. The fraction of sp³-hybridized carbons (Fsp3) is 0.375. The molecule has 11 heteroatoms. The summed E-state index contributed by atoms with van der Waals surface area (Å²) in [5.41, 5.74) is 0.836. The van der Waals surface area contributed by atoms with Crippen LogP contribution < -0.4 is 10.6 Å². The molecule has 3 heterocycles. The van der Waals surface area contributed by atoms with Gasteiger partial charge < -0.3 is 25.2 Å². The van der Waals surface area contributed by atoms with Gasteiger partial charge in [0.05, 0.1) is 21.6 Å². The third-order valence-corrected chi connectivity index (χ3v) is 6.31. The largest absolute Gasteiger partial charge is 0.478 e. The minimum Gasteiger partial charge on any atom is -0.478 e. The Kier molecular flexibility index (Phi) is 7.32. The Morgan fingerprint density at radius 1 is 1.17 bits per heavy atom. The third-order valence-electron chi connectivity index (χ3n) is 6.09. The maximum Gasteiger partial charge on any atom is 0.335 e. The van der Waals surface area contributed by atoms with Crippen molar-refractivity contribution in [3.05, 3.63) is 52.9 Å². The van der Waals surface area contributed by atoms with Crippen LogP contribution >= 0.6 is 11.6 Å². The van der Waals surface area contributed by atoms with Gasteiger partial charge in [0.15, 0.2) is 0 Å². The molecule has 0 radical (unpaired) electrons. The number of nitrogens with zero attached hydrogens (tertiary/aromatic N) is 4. The summed E-state index contributed by atoms with van der Waals surface area (Å²) < 4.78 is 1.44. The number of anilines is 1. The molecule has 0 aliphatic carbocycles. The molecule has 10 nitrogen and oxygen atoms in total. The van der Waals surface area contributed by atoms with Gasteiger partial charge in [-0.1, -0.05) is 11.6 Å². The number of nitrogens with one attached hydrogen (secondary N) is 2. The van der Waals surface area contributed by atoms with E-state index in [0.717, 1.165) is 25.9 Å². The molecule has 0 atom stereocenters. The third kappa shape index (κ3) is 5.77. The van der Waals surface area contributed by atoms with Gasteiger partial charge in [0.2, 0.25) is 11.7 Å². The zero-order valence-electron chi connectivity index (χ0n) is 19.5. The molecule has 1 aliphatic rings. The molecule has 1 aliphatic heterocycles. The van der Waals surface area contributed by atoms with Gasteiger partial charge in [-0.3, -0.25) is 9.59 Å². The van der Waals surface area contributed by atoms with Crippen LogP contribution in [0.5, 0.6) is 0 Å². The normalized spacial score (nSPS) is 14.9.